The third kappa shape index (κ3) is 4.90. The number of aliphatic hydroxyl groups is 1. The van der Waals surface area contributed by atoms with E-state index in [0.717, 1.165) is 40.3 Å². The van der Waals surface area contributed by atoms with Gasteiger partial charge in [0.25, 0.3) is 5.91 Å². The summed E-state index contributed by atoms with van der Waals surface area (Å²) in [5, 5.41) is 12.8. The van der Waals surface area contributed by atoms with Gasteiger partial charge in [-0.3, -0.25) is 9.69 Å². The number of morpholine rings is 1. The summed E-state index contributed by atoms with van der Waals surface area (Å²) in [5.41, 5.74) is 1.93. The van der Waals surface area contributed by atoms with E-state index in [0.29, 0.717) is 23.9 Å². The van der Waals surface area contributed by atoms with E-state index < -0.39 is 0 Å². The van der Waals surface area contributed by atoms with Gasteiger partial charge in [-0.05, 0) is 6.07 Å². The molecule has 9 heteroatoms. The largest absolute Gasteiger partial charge is 0.395 e. The van der Waals surface area contributed by atoms with Crippen LogP contribution < -0.4 is 5.32 Å². The number of aliphatic hydroxyl groups excluding tert-OH is 1. The quantitative estimate of drug-likeness (QED) is 0.581. The fourth-order valence-corrected chi connectivity index (χ4v) is 4.82. The molecule has 1 aliphatic rings. The Kier molecular flexibility index (Phi) is 6.86. The van der Waals surface area contributed by atoms with Crippen LogP contribution in [-0.4, -0.2) is 63.7 Å². The van der Waals surface area contributed by atoms with E-state index in [4.69, 9.17) is 9.84 Å². The molecule has 1 fully saturated rings. The van der Waals surface area contributed by atoms with Crippen molar-refractivity contribution in [1.82, 2.24) is 25.2 Å². The third-order valence-corrected chi connectivity index (χ3v) is 6.36. The maximum atomic E-state index is 12.8. The molecule has 1 atom stereocenters. The molecule has 0 spiro atoms. The number of rotatable bonds is 7. The smallest absolute Gasteiger partial charge is 0.261 e. The average molecular weight is 442 g/mol. The van der Waals surface area contributed by atoms with E-state index in [1.165, 1.54) is 11.3 Å². The van der Waals surface area contributed by atoms with Gasteiger partial charge in [-0.2, -0.15) is 0 Å². The number of ether oxygens (including phenoxy) is 1. The van der Waals surface area contributed by atoms with Gasteiger partial charge >= 0.3 is 0 Å². The van der Waals surface area contributed by atoms with E-state index >= 15 is 0 Å². The number of carbonyl (C=O) groups is 1. The molecule has 1 amide bonds. The van der Waals surface area contributed by atoms with Crippen LogP contribution in [0.3, 0.4) is 0 Å². The van der Waals surface area contributed by atoms with Gasteiger partial charge in [0.15, 0.2) is 0 Å². The number of thiophene rings is 1. The molecule has 0 aromatic carbocycles. The summed E-state index contributed by atoms with van der Waals surface area (Å²) in [4.78, 5) is 29.9. The fourth-order valence-electron chi connectivity index (χ4n) is 3.71. The number of pyridine rings is 1. The second kappa shape index (κ2) is 9.78. The van der Waals surface area contributed by atoms with Crippen molar-refractivity contribution >= 4 is 27.5 Å². The standard InChI is InChI=1S/C22H27N5O3S/c1-14(2)20-25-10-15(11-26-20)12-27-7-9-30-17(13-27)18-16-4-3-5-24-22(16)31-19(18)21(29)23-6-8-28/h3-5,10-11,14,17,28H,6-9,12-13H2,1-2H3,(H,23,29). The van der Waals surface area contributed by atoms with Gasteiger partial charge in [0.1, 0.15) is 15.5 Å². The lowest BCUT2D eigenvalue weighted by molar-refractivity contribution is -0.0323. The van der Waals surface area contributed by atoms with Crippen molar-refractivity contribution in [3.63, 3.8) is 0 Å². The van der Waals surface area contributed by atoms with Crippen LogP contribution in [0.25, 0.3) is 10.2 Å². The SMILES string of the molecule is CC(C)c1ncc(CN2CCOC(c3c(C(=O)NCCO)sc4ncccc34)C2)cn1. The highest BCUT2D eigenvalue weighted by atomic mass is 32.1. The number of nitrogens with zero attached hydrogens (tertiary/aromatic N) is 4. The maximum Gasteiger partial charge on any atom is 0.261 e. The molecule has 8 nitrogen and oxygen atoms in total. The zero-order valence-corrected chi connectivity index (χ0v) is 18.6. The summed E-state index contributed by atoms with van der Waals surface area (Å²) >= 11 is 1.36. The lowest BCUT2D eigenvalue weighted by Crippen LogP contribution is -2.38. The van der Waals surface area contributed by atoms with Gasteiger partial charge in [0.05, 0.1) is 19.3 Å². The molecule has 0 bridgehead atoms. The van der Waals surface area contributed by atoms with Crippen molar-refractivity contribution in [3.8, 4) is 0 Å². The van der Waals surface area contributed by atoms with Gasteiger partial charge in [0.2, 0.25) is 0 Å². The number of hydrogen-bond donors (Lipinski definition) is 2. The summed E-state index contributed by atoms with van der Waals surface area (Å²) in [6.07, 6.45) is 5.28. The highest BCUT2D eigenvalue weighted by molar-refractivity contribution is 7.20. The highest BCUT2D eigenvalue weighted by Crippen LogP contribution is 2.37. The molecule has 3 aromatic heterocycles. The lowest BCUT2D eigenvalue weighted by atomic mass is 10.0. The first-order valence-electron chi connectivity index (χ1n) is 10.5. The molecular weight excluding hydrogens is 414 g/mol. The normalized spacial score (nSPS) is 17.4. The van der Waals surface area contributed by atoms with Crippen molar-refractivity contribution in [1.29, 1.82) is 0 Å². The van der Waals surface area contributed by atoms with Gasteiger partial charge in [-0.25, -0.2) is 15.0 Å². The first-order valence-corrected chi connectivity index (χ1v) is 11.3. The Morgan fingerprint density at radius 3 is 2.90 bits per heavy atom. The summed E-state index contributed by atoms with van der Waals surface area (Å²) in [7, 11) is 0. The number of hydrogen-bond acceptors (Lipinski definition) is 8. The highest BCUT2D eigenvalue weighted by Gasteiger charge is 2.30. The molecule has 31 heavy (non-hydrogen) atoms. The molecule has 0 radical (unpaired) electrons. The predicted molar refractivity (Wildman–Crippen MR) is 119 cm³/mol. The van der Waals surface area contributed by atoms with E-state index in [9.17, 15) is 4.79 Å². The van der Waals surface area contributed by atoms with E-state index in [2.05, 4.69) is 39.0 Å². The number of fused-ring (bicyclic) bond motifs is 1. The van der Waals surface area contributed by atoms with Crippen molar-refractivity contribution < 1.29 is 14.6 Å². The fraction of sp³-hybridized carbons (Fsp3) is 0.455. The minimum atomic E-state index is -0.238. The molecular formula is C22H27N5O3S. The molecule has 0 aliphatic carbocycles. The topological polar surface area (TPSA) is 100 Å². The molecule has 4 rings (SSSR count). The molecule has 4 heterocycles. The minimum Gasteiger partial charge on any atom is -0.395 e. The molecule has 0 saturated carbocycles. The Hall–Kier alpha value is -2.46. The molecule has 1 aliphatic heterocycles. The summed E-state index contributed by atoms with van der Waals surface area (Å²) < 4.78 is 6.12. The zero-order chi connectivity index (χ0) is 21.8. The maximum absolute atomic E-state index is 12.8. The van der Waals surface area contributed by atoms with Crippen LogP contribution in [0.4, 0.5) is 0 Å². The summed E-state index contributed by atoms with van der Waals surface area (Å²) in [6.45, 7) is 7.03. The van der Waals surface area contributed by atoms with E-state index in [-0.39, 0.29) is 25.2 Å². The molecule has 164 valence electrons. The van der Waals surface area contributed by atoms with Crippen LogP contribution in [0.5, 0.6) is 0 Å². The predicted octanol–water partition coefficient (Wildman–Crippen LogP) is 2.51. The number of aromatic nitrogens is 3. The Bertz CT molecular complexity index is 1040. The van der Waals surface area contributed by atoms with Crippen LogP contribution >= 0.6 is 11.3 Å². The number of amides is 1. The van der Waals surface area contributed by atoms with Crippen molar-refractivity contribution in [3.05, 3.63) is 52.6 Å². The van der Waals surface area contributed by atoms with Crippen LogP contribution in [0.1, 0.15) is 52.5 Å². The number of carbonyl (C=O) groups excluding carboxylic acids is 1. The van der Waals surface area contributed by atoms with Crippen LogP contribution in [0, 0.1) is 0 Å². The van der Waals surface area contributed by atoms with Crippen LogP contribution in [0.15, 0.2) is 30.7 Å². The summed E-state index contributed by atoms with van der Waals surface area (Å²) in [6, 6.07) is 3.86. The minimum absolute atomic E-state index is 0.102. The van der Waals surface area contributed by atoms with Gasteiger partial charge in [0, 0.05) is 67.2 Å². The van der Waals surface area contributed by atoms with Gasteiger partial charge < -0.3 is 15.2 Å². The zero-order valence-electron chi connectivity index (χ0n) is 17.7. The molecule has 1 saturated heterocycles. The van der Waals surface area contributed by atoms with Crippen molar-refractivity contribution in [2.75, 3.05) is 32.8 Å². The van der Waals surface area contributed by atoms with Crippen LogP contribution in [-0.2, 0) is 11.3 Å². The summed E-state index contributed by atoms with van der Waals surface area (Å²) in [5.74, 6) is 0.947. The van der Waals surface area contributed by atoms with Crippen molar-refractivity contribution in [2.45, 2.75) is 32.4 Å². The first kappa shape index (κ1) is 21.8. The molecule has 1 unspecified atom stereocenters. The molecule has 2 N–H and O–H groups in total. The van der Waals surface area contributed by atoms with E-state index in [1.54, 1.807) is 6.20 Å². The second-order valence-electron chi connectivity index (χ2n) is 7.88. The first-order chi connectivity index (χ1) is 15.1. The van der Waals surface area contributed by atoms with Crippen LogP contribution in [0.2, 0.25) is 0 Å². The Morgan fingerprint density at radius 1 is 1.35 bits per heavy atom. The third-order valence-electron chi connectivity index (χ3n) is 5.23. The Morgan fingerprint density at radius 2 is 2.16 bits per heavy atom. The number of nitrogens with one attached hydrogen (secondary N) is 1. The second-order valence-corrected chi connectivity index (χ2v) is 8.88. The van der Waals surface area contributed by atoms with Gasteiger partial charge in [-0.15, -0.1) is 11.3 Å². The molecule has 3 aromatic rings. The van der Waals surface area contributed by atoms with Gasteiger partial charge in [-0.1, -0.05) is 19.9 Å². The Balaban J connectivity index is 1.56. The average Bonchev–Trinajstić information content (AvgIpc) is 3.18. The Labute approximate surface area is 185 Å². The van der Waals surface area contributed by atoms with E-state index in [1.807, 2.05) is 24.5 Å². The lowest BCUT2D eigenvalue weighted by Gasteiger charge is -2.33. The monoisotopic (exact) mass is 441 g/mol. The van der Waals surface area contributed by atoms with Crippen molar-refractivity contribution in [2.24, 2.45) is 0 Å².